The first-order valence-corrected chi connectivity index (χ1v) is 18.6. The van der Waals surface area contributed by atoms with Crippen molar-refractivity contribution in [2.75, 3.05) is 65.5 Å². The molecule has 8 nitrogen and oxygen atoms in total. The van der Waals surface area contributed by atoms with Crippen molar-refractivity contribution in [2.24, 2.45) is 0 Å². The summed E-state index contributed by atoms with van der Waals surface area (Å²) in [6.45, 7) is 9.89. The summed E-state index contributed by atoms with van der Waals surface area (Å²) in [5.74, 6) is 0.894. The lowest BCUT2D eigenvalue weighted by Crippen LogP contribution is -2.33. The van der Waals surface area contributed by atoms with Crippen LogP contribution in [0.25, 0.3) is 10.9 Å². The molecule has 8 heteroatoms. The molecule has 1 aromatic heterocycles. The zero-order valence-corrected chi connectivity index (χ0v) is 28.8. The summed E-state index contributed by atoms with van der Waals surface area (Å²) >= 11 is 0. The zero-order chi connectivity index (χ0) is 33.4. The van der Waals surface area contributed by atoms with Crippen molar-refractivity contribution in [1.82, 2.24) is 24.6 Å². The first kappa shape index (κ1) is 33.4. The number of hydrogen-bond donors (Lipinski definition) is 1. The highest BCUT2D eigenvalue weighted by Gasteiger charge is 2.30. The Morgan fingerprint density at radius 1 is 0.714 bits per heavy atom. The third-order valence-electron chi connectivity index (χ3n) is 10.6. The summed E-state index contributed by atoms with van der Waals surface area (Å²) in [5, 5.41) is 4.39. The van der Waals surface area contributed by atoms with Gasteiger partial charge in [-0.2, -0.15) is 0 Å². The van der Waals surface area contributed by atoms with E-state index in [4.69, 9.17) is 4.74 Å². The number of hydrogen-bond acceptors (Lipinski definition) is 5. The molecule has 4 heterocycles. The van der Waals surface area contributed by atoms with E-state index < -0.39 is 0 Å². The van der Waals surface area contributed by atoms with E-state index in [9.17, 15) is 9.59 Å². The van der Waals surface area contributed by atoms with Crippen LogP contribution in [0, 0.1) is 0 Å². The number of para-hydroxylation sites is 1. The van der Waals surface area contributed by atoms with Crippen molar-refractivity contribution in [3.8, 4) is 5.75 Å². The number of likely N-dealkylation sites (tertiary alicyclic amines) is 3. The lowest BCUT2D eigenvalue weighted by molar-refractivity contribution is -0.127. The molecule has 0 bridgehead atoms. The highest BCUT2D eigenvalue weighted by Crippen LogP contribution is 2.40. The topological polar surface area (TPSA) is 70.0 Å². The molecule has 0 spiro atoms. The van der Waals surface area contributed by atoms with E-state index in [1.165, 1.54) is 38.8 Å². The molecule has 0 radical (unpaired) electrons. The molecule has 3 saturated heterocycles. The lowest BCUT2D eigenvalue weighted by atomic mass is 9.83. The van der Waals surface area contributed by atoms with Crippen molar-refractivity contribution in [3.63, 3.8) is 0 Å². The van der Waals surface area contributed by atoms with Crippen LogP contribution in [0.1, 0.15) is 78.0 Å². The molecule has 49 heavy (non-hydrogen) atoms. The molecule has 0 saturated carbocycles. The average molecular weight is 662 g/mol. The van der Waals surface area contributed by atoms with Gasteiger partial charge in [-0.3, -0.25) is 14.5 Å². The fraction of sp³-hybridized carbons (Fsp3) is 0.463. The van der Waals surface area contributed by atoms with Gasteiger partial charge in [0.1, 0.15) is 18.1 Å². The molecule has 2 amide bonds. The fourth-order valence-electron chi connectivity index (χ4n) is 8.07. The molecule has 258 valence electrons. The van der Waals surface area contributed by atoms with Gasteiger partial charge in [0.15, 0.2) is 0 Å². The van der Waals surface area contributed by atoms with E-state index in [-0.39, 0.29) is 17.7 Å². The molecular formula is C41H51N5O3. The number of aromatic nitrogens is 1. The second-order valence-electron chi connectivity index (χ2n) is 13.9. The number of benzene rings is 3. The Bertz CT molecular complexity index is 1690. The summed E-state index contributed by atoms with van der Waals surface area (Å²) in [6, 6.07) is 27.6. The largest absolute Gasteiger partial charge is 0.492 e. The van der Waals surface area contributed by atoms with E-state index in [0.29, 0.717) is 26.1 Å². The van der Waals surface area contributed by atoms with Crippen LogP contribution in [-0.2, 0) is 11.3 Å². The smallest absolute Gasteiger partial charge is 0.268 e. The Morgan fingerprint density at radius 2 is 1.39 bits per heavy atom. The standard InChI is InChI=1S/C41H51N5O3/c47-37-16-10-26-45(37)27-11-21-42-41(48)40-39(35-14-4-5-15-36(35)46(40)29-28-43-22-6-7-23-43)38(32-12-2-1-3-13-32)33-17-19-34(20-18-33)49-31-30-44-24-8-9-25-44/h1-5,12-15,17-20,38H,6-11,16,21-31H2,(H,42,48). The number of carbonyl (C=O) groups is 2. The predicted molar refractivity (Wildman–Crippen MR) is 195 cm³/mol. The van der Waals surface area contributed by atoms with Crippen LogP contribution in [-0.4, -0.2) is 96.6 Å². The quantitative estimate of drug-likeness (QED) is 0.155. The zero-order valence-electron chi connectivity index (χ0n) is 28.8. The minimum absolute atomic E-state index is 0.0526. The first-order chi connectivity index (χ1) is 24.2. The van der Waals surface area contributed by atoms with Gasteiger partial charge in [-0.1, -0.05) is 60.7 Å². The summed E-state index contributed by atoms with van der Waals surface area (Å²) in [6.07, 6.45) is 7.34. The van der Waals surface area contributed by atoms with Crippen molar-refractivity contribution in [1.29, 1.82) is 0 Å². The Labute approximate surface area is 291 Å². The number of fused-ring (bicyclic) bond motifs is 1. The van der Waals surface area contributed by atoms with E-state index in [2.05, 4.69) is 98.5 Å². The fourth-order valence-corrected chi connectivity index (χ4v) is 8.07. The third-order valence-corrected chi connectivity index (χ3v) is 10.6. The van der Waals surface area contributed by atoms with Gasteiger partial charge in [-0.15, -0.1) is 0 Å². The van der Waals surface area contributed by atoms with Crippen LogP contribution in [0.2, 0.25) is 0 Å². The van der Waals surface area contributed by atoms with Crippen LogP contribution >= 0.6 is 0 Å². The van der Waals surface area contributed by atoms with Gasteiger partial charge in [0.05, 0.1) is 0 Å². The second-order valence-corrected chi connectivity index (χ2v) is 13.9. The number of amides is 2. The summed E-state index contributed by atoms with van der Waals surface area (Å²) in [7, 11) is 0. The van der Waals surface area contributed by atoms with Crippen molar-refractivity contribution in [3.05, 3.63) is 101 Å². The summed E-state index contributed by atoms with van der Waals surface area (Å²) < 4.78 is 8.46. The molecule has 1 N–H and O–H groups in total. The van der Waals surface area contributed by atoms with Crippen LogP contribution in [0.3, 0.4) is 0 Å². The van der Waals surface area contributed by atoms with Gasteiger partial charge in [0, 0.05) is 68.1 Å². The van der Waals surface area contributed by atoms with Crippen molar-refractivity contribution >= 4 is 22.7 Å². The Balaban J connectivity index is 1.22. The molecule has 0 aliphatic carbocycles. The minimum atomic E-state index is -0.152. The monoisotopic (exact) mass is 661 g/mol. The van der Waals surface area contributed by atoms with E-state index in [0.717, 1.165) is 91.1 Å². The molecule has 3 aliphatic rings. The average Bonchev–Trinajstić information content (AvgIpc) is 3.96. The Morgan fingerprint density at radius 3 is 2.10 bits per heavy atom. The first-order valence-electron chi connectivity index (χ1n) is 18.6. The molecule has 3 aliphatic heterocycles. The van der Waals surface area contributed by atoms with Crippen LogP contribution < -0.4 is 10.1 Å². The maximum absolute atomic E-state index is 14.5. The van der Waals surface area contributed by atoms with Crippen LogP contribution in [0.5, 0.6) is 5.75 Å². The number of rotatable bonds is 15. The lowest BCUT2D eigenvalue weighted by Gasteiger charge is -2.22. The molecule has 3 fully saturated rings. The van der Waals surface area contributed by atoms with Gasteiger partial charge in [0.2, 0.25) is 5.91 Å². The molecule has 4 aromatic rings. The molecule has 7 rings (SSSR count). The van der Waals surface area contributed by atoms with Crippen LogP contribution in [0.4, 0.5) is 0 Å². The summed E-state index contributed by atoms with van der Waals surface area (Å²) in [5.41, 5.74) is 5.14. The summed E-state index contributed by atoms with van der Waals surface area (Å²) in [4.78, 5) is 33.6. The second kappa shape index (κ2) is 16.0. The number of carbonyl (C=O) groups excluding carboxylic acids is 2. The van der Waals surface area contributed by atoms with Crippen molar-refractivity contribution in [2.45, 2.75) is 57.4 Å². The van der Waals surface area contributed by atoms with Crippen molar-refractivity contribution < 1.29 is 14.3 Å². The SMILES string of the molecule is O=C(NCCCN1CCCC1=O)c1c(C(c2ccccc2)c2ccc(OCCN3CCCC3)cc2)c2ccccc2n1CCN1CCCC1. The molecule has 3 aromatic carbocycles. The van der Waals surface area contributed by atoms with Crippen LogP contribution in [0.15, 0.2) is 78.9 Å². The van der Waals surface area contributed by atoms with E-state index in [1.54, 1.807) is 0 Å². The maximum Gasteiger partial charge on any atom is 0.268 e. The maximum atomic E-state index is 14.5. The third kappa shape index (κ3) is 7.86. The van der Waals surface area contributed by atoms with Gasteiger partial charge >= 0.3 is 0 Å². The number of ether oxygens (including phenoxy) is 1. The molecule has 1 atom stereocenters. The van der Waals surface area contributed by atoms with Gasteiger partial charge in [-0.05, 0) is 94.0 Å². The highest BCUT2D eigenvalue weighted by atomic mass is 16.5. The number of nitrogens with one attached hydrogen (secondary N) is 1. The molecule has 1 unspecified atom stereocenters. The minimum Gasteiger partial charge on any atom is -0.492 e. The number of nitrogens with zero attached hydrogens (tertiary/aromatic N) is 4. The Hall–Kier alpha value is -4.14. The predicted octanol–water partition coefficient (Wildman–Crippen LogP) is 6.13. The van der Waals surface area contributed by atoms with Gasteiger partial charge < -0.3 is 24.4 Å². The normalized spacial score (nSPS) is 17.7. The molecular weight excluding hydrogens is 610 g/mol. The van der Waals surface area contributed by atoms with E-state index >= 15 is 0 Å². The van der Waals surface area contributed by atoms with Gasteiger partial charge in [-0.25, -0.2) is 0 Å². The van der Waals surface area contributed by atoms with Gasteiger partial charge in [0.25, 0.3) is 5.91 Å². The Kier molecular flexibility index (Phi) is 10.9. The van der Waals surface area contributed by atoms with E-state index in [1.807, 2.05) is 4.90 Å². The highest BCUT2D eigenvalue weighted by molar-refractivity contribution is 6.03.